The van der Waals surface area contributed by atoms with Gasteiger partial charge >= 0.3 is 0 Å². The van der Waals surface area contributed by atoms with E-state index in [-0.39, 0.29) is 5.41 Å². The first-order valence-corrected chi connectivity index (χ1v) is 6.11. The monoisotopic (exact) mass is 237 g/mol. The third-order valence-corrected chi connectivity index (χ3v) is 2.52. The molecule has 0 aliphatic heterocycles. The average molecular weight is 237 g/mol. The van der Waals surface area contributed by atoms with Gasteiger partial charge in [-0.25, -0.2) is 4.98 Å². The maximum atomic E-state index is 5.70. The molecule has 0 bridgehead atoms. The van der Waals surface area contributed by atoms with Crippen LogP contribution in [-0.4, -0.2) is 24.7 Å². The van der Waals surface area contributed by atoms with Crippen molar-refractivity contribution in [3.8, 4) is 5.75 Å². The normalized spacial score (nSPS) is 11.3. The second kappa shape index (κ2) is 6.45. The smallest absolute Gasteiger partial charge is 0.168 e. The Morgan fingerprint density at radius 3 is 2.88 bits per heavy atom. The van der Waals surface area contributed by atoms with Crippen LogP contribution in [-0.2, 0) is 0 Å². The van der Waals surface area contributed by atoms with Gasteiger partial charge in [-0.3, -0.25) is 0 Å². The van der Waals surface area contributed by atoms with Crippen molar-refractivity contribution in [3.05, 3.63) is 18.3 Å². The average Bonchev–Trinajstić information content (AvgIpc) is 2.35. The molecule has 0 aromatic carbocycles. The summed E-state index contributed by atoms with van der Waals surface area (Å²) in [5.41, 5.74) is 5.75. The van der Waals surface area contributed by atoms with Crippen molar-refractivity contribution in [1.82, 2.24) is 4.98 Å². The minimum atomic E-state index is 0.0551. The molecule has 1 aromatic rings. The predicted molar refractivity (Wildman–Crippen MR) is 71.3 cm³/mol. The van der Waals surface area contributed by atoms with Crippen molar-refractivity contribution in [2.24, 2.45) is 11.1 Å². The number of nitrogens with zero attached hydrogens (tertiary/aromatic N) is 1. The van der Waals surface area contributed by atoms with Crippen molar-refractivity contribution in [1.29, 1.82) is 0 Å². The first-order valence-electron chi connectivity index (χ1n) is 6.11. The van der Waals surface area contributed by atoms with E-state index >= 15 is 0 Å². The molecular formula is C13H23N3O. The maximum Gasteiger partial charge on any atom is 0.168 e. The highest BCUT2D eigenvalue weighted by atomic mass is 16.5. The fourth-order valence-electron chi connectivity index (χ4n) is 1.25. The summed E-state index contributed by atoms with van der Waals surface area (Å²) in [7, 11) is 0. The molecule has 17 heavy (non-hydrogen) atoms. The lowest BCUT2D eigenvalue weighted by molar-refractivity contribution is 0.317. The van der Waals surface area contributed by atoms with Crippen LogP contribution in [0.3, 0.4) is 0 Å². The van der Waals surface area contributed by atoms with E-state index in [0.29, 0.717) is 13.2 Å². The van der Waals surface area contributed by atoms with Gasteiger partial charge in [0.1, 0.15) is 0 Å². The third kappa shape index (κ3) is 4.61. The van der Waals surface area contributed by atoms with E-state index in [1.54, 1.807) is 6.20 Å². The van der Waals surface area contributed by atoms with Crippen molar-refractivity contribution >= 4 is 5.82 Å². The molecule has 96 valence electrons. The van der Waals surface area contributed by atoms with E-state index in [2.05, 4.69) is 31.1 Å². The molecule has 4 heteroatoms. The van der Waals surface area contributed by atoms with E-state index in [1.807, 2.05) is 12.1 Å². The topological polar surface area (TPSA) is 60.2 Å². The summed E-state index contributed by atoms with van der Waals surface area (Å²) in [6, 6.07) is 3.81. The minimum Gasteiger partial charge on any atom is -0.490 e. The van der Waals surface area contributed by atoms with Crippen LogP contribution in [0.25, 0.3) is 0 Å². The summed E-state index contributed by atoms with van der Waals surface area (Å²) in [5, 5.41) is 3.30. The highest BCUT2D eigenvalue weighted by molar-refractivity contribution is 5.49. The number of aromatic nitrogens is 1. The molecule has 0 aliphatic rings. The van der Waals surface area contributed by atoms with Gasteiger partial charge in [-0.05, 0) is 30.5 Å². The Balaban J connectivity index is 2.63. The molecular weight excluding hydrogens is 214 g/mol. The molecule has 0 fully saturated rings. The number of hydrogen-bond acceptors (Lipinski definition) is 4. The van der Waals surface area contributed by atoms with Crippen LogP contribution in [0.15, 0.2) is 18.3 Å². The predicted octanol–water partition coefficient (Wildman–Crippen LogP) is 2.27. The molecule has 0 amide bonds. The van der Waals surface area contributed by atoms with Crippen LogP contribution in [0.4, 0.5) is 5.82 Å². The van der Waals surface area contributed by atoms with Gasteiger partial charge in [0.2, 0.25) is 0 Å². The Bertz CT molecular complexity index is 339. The lowest BCUT2D eigenvalue weighted by atomic mass is 9.94. The summed E-state index contributed by atoms with van der Waals surface area (Å²) in [4.78, 5) is 4.29. The zero-order valence-electron chi connectivity index (χ0n) is 11.0. The van der Waals surface area contributed by atoms with Crippen LogP contribution < -0.4 is 15.8 Å². The van der Waals surface area contributed by atoms with Gasteiger partial charge in [0.15, 0.2) is 11.6 Å². The van der Waals surface area contributed by atoms with Gasteiger partial charge in [0.25, 0.3) is 0 Å². The summed E-state index contributed by atoms with van der Waals surface area (Å²) in [6.45, 7) is 8.45. The second-order valence-electron chi connectivity index (χ2n) is 4.92. The van der Waals surface area contributed by atoms with Gasteiger partial charge in [0, 0.05) is 12.7 Å². The first kappa shape index (κ1) is 13.8. The lowest BCUT2D eigenvalue weighted by Gasteiger charge is -2.23. The van der Waals surface area contributed by atoms with Gasteiger partial charge in [-0.15, -0.1) is 0 Å². The zero-order chi connectivity index (χ0) is 12.7. The molecule has 0 spiro atoms. The van der Waals surface area contributed by atoms with E-state index in [9.17, 15) is 0 Å². The molecule has 0 aliphatic carbocycles. The molecule has 0 radical (unpaired) electrons. The Morgan fingerprint density at radius 1 is 1.47 bits per heavy atom. The number of rotatable bonds is 7. The summed E-state index contributed by atoms with van der Waals surface area (Å²) >= 11 is 0. The molecule has 0 unspecified atom stereocenters. The number of nitrogens with two attached hydrogens (primary N) is 1. The highest BCUT2D eigenvalue weighted by Crippen LogP contribution is 2.23. The SMILES string of the molecule is CCCOc1cccnc1NCC(C)(C)CN. The van der Waals surface area contributed by atoms with Crippen molar-refractivity contribution in [3.63, 3.8) is 0 Å². The van der Waals surface area contributed by atoms with Crippen LogP contribution in [0.1, 0.15) is 27.2 Å². The molecule has 3 N–H and O–H groups in total. The van der Waals surface area contributed by atoms with E-state index in [4.69, 9.17) is 10.5 Å². The summed E-state index contributed by atoms with van der Waals surface area (Å²) in [5.74, 6) is 1.60. The number of pyridine rings is 1. The number of nitrogens with one attached hydrogen (secondary N) is 1. The molecule has 1 aromatic heterocycles. The molecule has 0 saturated heterocycles. The van der Waals surface area contributed by atoms with Gasteiger partial charge in [-0.1, -0.05) is 20.8 Å². The molecule has 4 nitrogen and oxygen atoms in total. The Labute approximate surface area is 104 Å². The molecule has 0 atom stereocenters. The number of hydrogen-bond donors (Lipinski definition) is 2. The minimum absolute atomic E-state index is 0.0551. The summed E-state index contributed by atoms with van der Waals surface area (Å²) < 4.78 is 5.63. The Hall–Kier alpha value is -1.29. The van der Waals surface area contributed by atoms with Crippen molar-refractivity contribution in [2.45, 2.75) is 27.2 Å². The zero-order valence-corrected chi connectivity index (χ0v) is 11.0. The van der Waals surface area contributed by atoms with Crippen LogP contribution >= 0.6 is 0 Å². The van der Waals surface area contributed by atoms with Crippen LogP contribution in [0, 0.1) is 5.41 Å². The largest absolute Gasteiger partial charge is 0.490 e. The number of ether oxygens (including phenoxy) is 1. The Morgan fingerprint density at radius 2 is 2.24 bits per heavy atom. The molecule has 0 saturated carbocycles. The van der Waals surface area contributed by atoms with Gasteiger partial charge in [-0.2, -0.15) is 0 Å². The summed E-state index contributed by atoms with van der Waals surface area (Å²) in [6.07, 6.45) is 2.75. The molecule has 1 heterocycles. The first-order chi connectivity index (χ1) is 8.09. The maximum absolute atomic E-state index is 5.70. The lowest BCUT2D eigenvalue weighted by Crippen LogP contribution is -2.31. The fourth-order valence-corrected chi connectivity index (χ4v) is 1.25. The van der Waals surface area contributed by atoms with E-state index in [1.165, 1.54) is 0 Å². The van der Waals surface area contributed by atoms with E-state index in [0.717, 1.165) is 24.5 Å². The van der Waals surface area contributed by atoms with Crippen LogP contribution in [0.5, 0.6) is 5.75 Å². The van der Waals surface area contributed by atoms with E-state index < -0.39 is 0 Å². The Kier molecular flexibility index (Phi) is 5.22. The standard InChI is InChI=1S/C13H23N3O/c1-4-8-17-11-6-5-7-15-12(11)16-10-13(2,3)9-14/h5-7H,4,8-10,14H2,1-3H3,(H,15,16). The third-order valence-electron chi connectivity index (χ3n) is 2.52. The quantitative estimate of drug-likeness (QED) is 0.763. The highest BCUT2D eigenvalue weighted by Gasteiger charge is 2.16. The second-order valence-corrected chi connectivity index (χ2v) is 4.92. The van der Waals surface area contributed by atoms with Crippen molar-refractivity contribution < 1.29 is 4.74 Å². The number of anilines is 1. The molecule has 1 rings (SSSR count). The fraction of sp³-hybridized carbons (Fsp3) is 0.615. The van der Waals surface area contributed by atoms with Crippen molar-refractivity contribution in [2.75, 3.05) is 25.0 Å². The van der Waals surface area contributed by atoms with Gasteiger partial charge in [0.05, 0.1) is 6.61 Å². The van der Waals surface area contributed by atoms with Gasteiger partial charge < -0.3 is 15.8 Å². The van der Waals surface area contributed by atoms with Crippen LogP contribution in [0.2, 0.25) is 0 Å².